The molecule has 2 rings (SSSR count). The lowest BCUT2D eigenvalue weighted by Gasteiger charge is -2.22. The number of rotatable bonds is 10. The highest BCUT2D eigenvalue weighted by Gasteiger charge is 2.13. The van der Waals surface area contributed by atoms with Gasteiger partial charge in [-0.3, -0.25) is 4.79 Å². The Morgan fingerprint density at radius 2 is 1.85 bits per heavy atom. The van der Waals surface area contributed by atoms with Gasteiger partial charge in [-0.2, -0.15) is 0 Å². The summed E-state index contributed by atoms with van der Waals surface area (Å²) in [6.45, 7) is 3.18. The van der Waals surface area contributed by atoms with Crippen LogP contribution in [-0.4, -0.2) is 35.0 Å². The van der Waals surface area contributed by atoms with Crippen molar-refractivity contribution >= 4 is 23.5 Å². The standard InChI is InChI=1S/C20H24ClNO4/c1-2-19(23)22(12-4-7-15-6-3-8-16(21)14-15)13-5-9-17-10-11-18(26-17)20(24)25/h3,6,8,10-11,14H,2,4-5,7,9,12-13H2,1H3,(H,24,25). The van der Waals surface area contributed by atoms with Gasteiger partial charge >= 0.3 is 5.97 Å². The van der Waals surface area contributed by atoms with Gasteiger partial charge in [0.2, 0.25) is 11.7 Å². The molecule has 0 aliphatic rings. The Morgan fingerprint density at radius 3 is 2.46 bits per heavy atom. The first-order valence-electron chi connectivity index (χ1n) is 8.83. The lowest BCUT2D eigenvalue weighted by atomic mass is 10.1. The molecule has 140 valence electrons. The second-order valence-corrected chi connectivity index (χ2v) is 6.58. The van der Waals surface area contributed by atoms with E-state index in [-0.39, 0.29) is 11.7 Å². The number of carbonyl (C=O) groups is 2. The number of carboxylic acids is 1. The second kappa shape index (κ2) is 10.0. The van der Waals surface area contributed by atoms with Crippen molar-refractivity contribution in [1.82, 2.24) is 4.90 Å². The smallest absolute Gasteiger partial charge is 0.371 e. The van der Waals surface area contributed by atoms with Gasteiger partial charge in [0, 0.05) is 31.0 Å². The highest BCUT2D eigenvalue weighted by atomic mass is 35.5. The number of hydrogen-bond acceptors (Lipinski definition) is 3. The molecule has 5 nitrogen and oxygen atoms in total. The Morgan fingerprint density at radius 1 is 1.12 bits per heavy atom. The van der Waals surface area contributed by atoms with Crippen LogP contribution in [0.4, 0.5) is 0 Å². The van der Waals surface area contributed by atoms with Gasteiger partial charge in [-0.1, -0.05) is 30.7 Å². The summed E-state index contributed by atoms with van der Waals surface area (Å²) in [4.78, 5) is 24.8. The predicted octanol–water partition coefficient (Wildman–Crippen LogP) is 4.44. The molecule has 1 aromatic heterocycles. The lowest BCUT2D eigenvalue weighted by Crippen LogP contribution is -2.32. The van der Waals surface area contributed by atoms with Gasteiger partial charge < -0.3 is 14.4 Å². The van der Waals surface area contributed by atoms with Crippen molar-refractivity contribution in [1.29, 1.82) is 0 Å². The summed E-state index contributed by atoms with van der Waals surface area (Å²) in [5, 5.41) is 9.59. The average Bonchev–Trinajstić information content (AvgIpc) is 3.09. The largest absolute Gasteiger partial charge is 0.475 e. The number of nitrogens with zero attached hydrogens (tertiary/aromatic N) is 1. The Kier molecular flexibility index (Phi) is 7.73. The lowest BCUT2D eigenvalue weighted by molar-refractivity contribution is -0.131. The molecule has 0 bridgehead atoms. The summed E-state index contributed by atoms with van der Waals surface area (Å²) in [5.74, 6) is -0.366. The van der Waals surface area contributed by atoms with Gasteiger partial charge in [-0.05, 0) is 49.1 Å². The van der Waals surface area contributed by atoms with Crippen LogP contribution >= 0.6 is 11.6 Å². The summed E-state index contributed by atoms with van der Waals surface area (Å²) in [7, 11) is 0. The van der Waals surface area contributed by atoms with Crippen molar-refractivity contribution in [2.24, 2.45) is 0 Å². The third-order valence-corrected chi connectivity index (χ3v) is 4.40. The Hall–Kier alpha value is -2.27. The van der Waals surface area contributed by atoms with E-state index in [4.69, 9.17) is 21.1 Å². The molecule has 1 heterocycles. The van der Waals surface area contributed by atoms with Crippen molar-refractivity contribution in [3.05, 3.63) is 58.5 Å². The van der Waals surface area contributed by atoms with E-state index in [1.54, 1.807) is 6.07 Å². The zero-order valence-electron chi connectivity index (χ0n) is 14.9. The van der Waals surface area contributed by atoms with Crippen LogP contribution in [0.3, 0.4) is 0 Å². The highest BCUT2D eigenvalue weighted by molar-refractivity contribution is 6.30. The zero-order chi connectivity index (χ0) is 18.9. The monoisotopic (exact) mass is 377 g/mol. The van der Waals surface area contributed by atoms with Crippen LogP contribution in [0.15, 0.2) is 40.8 Å². The molecule has 6 heteroatoms. The van der Waals surface area contributed by atoms with E-state index in [0.717, 1.165) is 29.8 Å². The maximum absolute atomic E-state index is 12.1. The van der Waals surface area contributed by atoms with Crippen LogP contribution < -0.4 is 0 Å². The van der Waals surface area contributed by atoms with Gasteiger partial charge in [-0.15, -0.1) is 0 Å². The van der Waals surface area contributed by atoms with Crippen molar-refractivity contribution in [2.75, 3.05) is 13.1 Å². The minimum absolute atomic E-state index is 0.0528. The number of hydrogen-bond donors (Lipinski definition) is 1. The Labute approximate surface area is 158 Å². The number of benzene rings is 1. The summed E-state index contributed by atoms with van der Waals surface area (Å²) in [6, 6.07) is 10.9. The quantitative estimate of drug-likeness (QED) is 0.664. The molecule has 1 N–H and O–H groups in total. The first-order valence-corrected chi connectivity index (χ1v) is 9.21. The van der Waals surface area contributed by atoms with Crippen LogP contribution in [0.5, 0.6) is 0 Å². The topological polar surface area (TPSA) is 70.8 Å². The molecule has 1 aromatic carbocycles. The normalized spacial score (nSPS) is 10.7. The molecule has 0 fully saturated rings. The maximum Gasteiger partial charge on any atom is 0.371 e. The molecular formula is C20H24ClNO4. The molecule has 0 aliphatic carbocycles. The number of aromatic carboxylic acids is 1. The third-order valence-electron chi connectivity index (χ3n) is 4.16. The Balaban J connectivity index is 1.80. The molecule has 2 aromatic rings. The van der Waals surface area contributed by atoms with Crippen LogP contribution in [0.1, 0.15) is 48.1 Å². The number of amides is 1. The molecule has 0 atom stereocenters. The van der Waals surface area contributed by atoms with E-state index in [1.165, 1.54) is 6.07 Å². The van der Waals surface area contributed by atoms with E-state index in [1.807, 2.05) is 36.1 Å². The van der Waals surface area contributed by atoms with Gasteiger partial charge in [-0.25, -0.2) is 4.79 Å². The van der Waals surface area contributed by atoms with Gasteiger partial charge in [0.1, 0.15) is 5.76 Å². The van der Waals surface area contributed by atoms with Crippen molar-refractivity contribution in [2.45, 2.75) is 39.0 Å². The number of carboxylic acid groups (broad SMARTS) is 1. The molecule has 0 spiro atoms. The minimum atomic E-state index is -1.07. The number of aryl methyl sites for hydroxylation is 2. The van der Waals surface area contributed by atoms with E-state index in [9.17, 15) is 9.59 Å². The molecule has 0 radical (unpaired) electrons. The van der Waals surface area contributed by atoms with Crippen LogP contribution in [-0.2, 0) is 17.6 Å². The first kappa shape index (κ1) is 20.0. The molecule has 0 aliphatic heterocycles. The van der Waals surface area contributed by atoms with Gasteiger partial charge in [0.05, 0.1) is 0 Å². The molecule has 1 amide bonds. The second-order valence-electron chi connectivity index (χ2n) is 6.14. The minimum Gasteiger partial charge on any atom is -0.475 e. The summed E-state index contributed by atoms with van der Waals surface area (Å²) in [6.07, 6.45) is 3.55. The summed E-state index contributed by atoms with van der Waals surface area (Å²) >= 11 is 6.00. The summed E-state index contributed by atoms with van der Waals surface area (Å²) in [5.41, 5.74) is 1.16. The predicted molar refractivity (Wildman–Crippen MR) is 101 cm³/mol. The van der Waals surface area contributed by atoms with Crippen molar-refractivity contribution < 1.29 is 19.1 Å². The summed E-state index contributed by atoms with van der Waals surface area (Å²) < 4.78 is 5.25. The van der Waals surface area contributed by atoms with E-state index >= 15 is 0 Å². The number of furan rings is 1. The maximum atomic E-state index is 12.1. The molecule has 26 heavy (non-hydrogen) atoms. The zero-order valence-corrected chi connectivity index (χ0v) is 15.7. The SMILES string of the molecule is CCC(=O)N(CCCc1cccc(Cl)c1)CCCc1ccc(C(=O)O)o1. The average molecular weight is 378 g/mol. The molecular weight excluding hydrogens is 354 g/mol. The van der Waals surface area contributed by atoms with Crippen LogP contribution in [0, 0.1) is 0 Å². The fourth-order valence-corrected chi connectivity index (χ4v) is 3.04. The van der Waals surface area contributed by atoms with Crippen LogP contribution in [0.2, 0.25) is 5.02 Å². The number of halogens is 1. The van der Waals surface area contributed by atoms with E-state index in [2.05, 4.69) is 0 Å². The third kappa shape index (κ3) is 6.23. The van der Waals surface area contributed by atoms with Gasteiger partial charge in [0.25, 0.3) is 0 Å². The fraction of sp³-hybridized carbons (Fsp3) is 0.400. The Bertz CT molecular complexity index is 741. The van der Waals surface area contributed by atoms with Crippen molar-refractivity contribution in [3.63, 3.8) is 0 Å². The molecule has 0 unspecified atom stereocenters. The number of carbonyl (C=O) groups excluding carboxylic acids is 1. The van der Waals surface area contributed by atoms with Crippen molar-refractivity contribution in [3.8, 4) is 0 Å². The van der Waals surface area contributed by atoms with E-state index < -0.39 is 5.97 Å². The first-order chi connectivity index (χ1) is 12.5. The highest BCUT2D eigenvalue weighted by Crippen LogP contribution is 2.14. The molecule has 0 saturated carbocycles. The van der Waals surface area contributed by atoms with Gasteiger partial charge in [0.15, 0.2) is 0 Å². The van der Waals surface area contributed by atoms with E-state index in [0.29, 0.717) is 31.7 Å². The van der Waals surface area contributed by atoms with Crippen LogP contribution in [0.25, 0.3) is 0 Å². The fourth-order valence-electron chi connectivity index (χ4n) is 2.82. The molecule has 0 saturated heterocycles.